The maximum Gasteiger partial charge on any atom is 0.407 e. The van der Waals surface area contributed by atoms with E-state index in [1.165, 1.54) is 0 Å². The standard InChI is InChI=1S/C11H20N2O4/c1-11(2,3)17-10(16)13-5-7-4-12-6-8(7)9(14)15/h7-8,12H,4-6H2,1-3H3,(H,13,16)(H,14,15)/t7-,8+/m0/s1. The largest absolute Gasteiger partial charge is 0.481 e. The molecule has 0 aliphatic carbocycles. The lowest BCUT2D eigenvalue weighted by atomic mass is 9.96. The van der Waals surface area contributed by atoms with Crippen molar-refractivity contribution in [3.8, 4) is 0 Å². The SMILES string of the molecule is CC(C)(C)OC(=O)NC[C@@H]1CNC[C@H]1C(=O)O. The highest BCUT2D eigenvalue weighted by molar-refractivity contribution is 5.71. The van der Waals surface area contributed by atoms with Crippen LogP contribution in [0.3, 0.4) is 0 Å². The molecule has 0 radical (unpaired) electrons. The predicted molar refractivity (Wildman–Crippen MR) is 61.7 cm³/mol. The van der Waals surface area contributed by atoms with Crippen LogP contribution in [0.15, 0.2) is 0 Å². The molecule has 2 atom stereocenters. The maximum atomic E-state index is 11.4. The van der Waals surface area contributed by atoms with E-state index in [0.717, 1.165) is 0 Å². The Morgan fingerprint density at radius 3 is 2.59 bits per heavy atom. The van der Waals surface area contributed by atoms with E-state index in [9.17, 15) is 9.59 Å². The molecule has 0 aromatic heterocycles. The van der Waals surface area contributed by atoms with E-state index in [0.29, 0.717) is 19.6 Å². The molecule has 1 heterocycles. The number of rotatable bonds is 3. The van der Waals surface area contributed by atoms with Gasteiger partial charge < -0.3 is 20.5 Å². The summed E-state index contributed by atoms with van der Waals surface area (Å²) in [5.74, 6) is -1.35. The van der Waals surface area contributed by atoms with E-state index in [1.807, 2.05) is 0 Å². The van der Waals surface area contributed by atoms with Crippen molar-refractivity contribution in [1.29, 1.82) is 0 Å². The van der Waals surface area contributed by atoms with E-state index in [1.54, 1.807) is 20.8 Å². The quantitative estimate of drug-likeness (QED) is 0.670. The first-order chi connectivity index (χ1) is 7.79. The molecule has 6 heteroatoms. The minimum atomic E-state index is -0.828. The lowest BCUT2D eigenvalue weighted by Gasteiger charge is -2.21. The summed E-state index contributed by atoms with van der Waals surface area (Å²) in [6, 6.07) is 0. The number of ether oxygens (including phenoxy) is 1. The first kappa shape index (κ1) is 13.8. The zero-order valence-corrected chi connectivity index (χ0v) is 10.4. The van der Waals surface area contributed by atoms with E-state index in [-0.39, 0.29) is 5.92 Å². The lowest BCUT2D eigenvalue weighted by Crippen LogP contribution is -2.38. The third kappa shape index (κ3) is 4.60. The third-order valence-electron chi connectivity index (χ3n) is 2.56. The second-order valence-corrected chi connectivity index (χ2v) is 5.25. The number of carboxylic acids is 1. The molecule has 3 N–H and O–H groups in total. The van der Waals surface area contributed by atoms with Gasteiger partial charge in [0, 0.05) is 25.6 Å². The van der Waals surface area contributed by atoms with Gasteiger partial charge in [0.2, 0.25) is 0 Å². The Kier molecular flexibility index (Phi) is 4.34. The van der Waals surface area contributed by atoms with Gasteiger partial charge in [-0.15, -0.1) is 0 Å². The number of hydrogen-bond donors (Lipinski definition) is 3. The van der Waals surface area contributed by atoms with Crippen molar-refractivity contribution in [2.75, 3.05) is 19.6 Å². The zero-order chi connectivity index (χ0) is 13.1. The molecule has 1 aliphatic heterocycles. The number of alkyl carbamates (subject to hydrolysis) is 1. The van der Waals surface area contributed by atoms with Gasteiger partial charge in [0.25, 0.3) is 0 Å². The van der Waals surface area contributed by atoms with Gasteiger partial charge >= 0.3 is 12.1 Å². The molecule has 0 unspecified atom stereocenters. The average molecular weight is 244 g/mol. The van der Waals surface area contributed by atoms with Crippen LogP contribution in [0.5, 0.6) is 0 Å². The Morgan fingerprint density at radius 1 is 1.41 bits per heavy atom. The van der Waals surface area contributed by atoms with Crippen LogP contribution >= 0.6 is 0 Å². The Hall–Kier alpha value is -1.30. The Morgan fingerprint density at radius 2 is 2.06 bits per heavy atom. The fourth-order valence-corrected chi connectivity index (χ4v) is 1.77. The van der Waals surface area contributed by atoms with Gasteiger partial charge in [-0.2, -0.15) is 0 Å². The monoisotopic (exact) mass is 244 g/mol. The Labute approximate surface area is 101 Å². The summed E-state index contributed by atoms with van der Waals surface area (Å²) < 4.78 is 5.08. The molecule has 0 aromatic rings. The van der Waals surface area contributed by atoms with Crippen molar-refractivity contribution >= 4 is 12.1 Å². The van der Waals surface area contributed by atoms with Crippen LogP contribution in [0.25, 0.3) is 0 Å². The van der Waals surface area contributed by atoms with Crippen LogP contribution < -0.4 is 10.6 Å². The molecule has 0 aromatic carbocycles. The van der Waals surface area contributed by atoms with E-state index in [4.69, 9.17) is 9.84 Å². The first-order valence-electron chi connectivity index (χ1n) is 5.70. The summed E-state index contributed by atoms with van der Waals surface area (Å²) in [5, 5.41) is 14.6. The van der Waals surface area contributed by atoms with Crippen molar-refractivity contribution in [3.05, 3.63) is 0 Å². The molecule has 1 aliphatic rings. The highest BCUT2D eigenvalue weighted by Gasteiger charge is 2.33. The zero-order valence-electron chi connectivity index (χ0n) is 10.4. The predicted octanol–water partition coefficient (Wildman–Crippen LogP) is 0.431. The molecule has 1 amide bonds. The second kappa shape index (κ2) is 5.35. The van der Waals surface area contributed by atoms with Crippen molar-refractivity contribution < 1.29 is 19.4 Å². The summed E-state index contributed by atoms with van der Waals surface area (Å²) >= 11 is 0. The van der Waals surface area contributed by atoms with Crippen LogP contribution in [0.1, 0.15) is 20.8 Å². The summed E-state index contributed by atoms with van der Waals surface area (Å²) in [7, 11) is 0. The van der Waals surface area contributed by atoms with E-state index < -0.39 is 23.6 Å². The van der Waals surface area contributed by atoms with Gasteiger partial charge in [-0.25, -0.2) is 4.79 Å². The van der Waals surface area contributed by atoms with E-state index in [2.05, 4.69) is 10.6 Å². The molecule has 1 rings (SSSR count). The van der Waals surface area contributed by atoms with Crippen LogP contribution in [0.2, 0.25) is 0 Å². The molecule has 0 saturated carbocycles. The topological polar surface area (TPSA) is 87.7 Å². The van der Waals surface area contributed by atoms with E-state index >= 15 is 0 Å². The van der Waals surface area contributed by atoms with Crippen LogP contribution in [-0.4, -0.2) is 42.4 Å². The average Bonchev–Trinajstić information content (AvgIpc) is 2.59. The summed E-state index contributed by atoms with van der Waals surface area (Å²) in [6.45, 7) is 6.72. The van der Waals surface area contributed by atoms with Gasteiger partial charge in [-0.1, -0.05) is 0 Å². The number of carboxylic acid groups (broad SMARTS) is 1. The normalized spacial score (nSPS) is 24.4. The third-order valence-corrected chi connectivity index (χ3v) is 2.56. The van der Waals surface area contributed by atoms with Gasteiger partial charge in [0.1, 0.15) is 5.60 Å². The van der Waals surface area contributed by atoms with Crippen molar-refractivity contribution in [2.45, 2.75) is 26.4 Å². The number of aliphatic carboxylic acids is 1. The summed E-state index contributed by atoms with van der Waals surface area (Å²) in [6.07, 6.45) is -0.506. The molecule has 98 valence electrons. The van der Waals surface area contributed by atoms with Gasteiger partial charge in [0.05, 0.1) is 5.92 Å². The first-order valence-corrected chi connectivity index (χ1v) is 5.70. The number of nitrogens with one attached hydrogen (secondary N) is 2. The molecule has 0 bridgehead atoms. The fraction of sp³-hybridized carbons (Fsp3) is 0.818. The van der Waals surface area contributed by atoms with Gasteiger partial charge in [-0.3, -0.25) is 4.79 Å². The Bertz CT molecular complexity index is 298. The number of amides is 1. The minimum absolute atomic E-state index is 0.0833. The molecule has 0 spiro atoms. The number of carbonyl (C=O) groups excluding carboxylic acids is 1. The second-order valence-electron chi connectivity index (χ2n) is 5.25. The van der Waals surface area contributed by atoms with Crippen LogP contribution in [0.4, 0.5) is 4.79 Å². The fourth-order valence-electron chi connectivity index (χ4n) is 1.77. The van der Waals surface area contributed by atoms with Gasteiger partial charge in [0.15, 0.2) is 0 Å². The molecule has 1 fully saturated rings. The molecule has 6 nitrogen and oxygen atoms in total. The molecule has 17 heavy (non-hydrogen) atoms. The smallest absolute Gasteiger partial charge is 0.407 e. The maximum absolute atomic E-state index is 11.4. The van der Waals surface area contributed by atoms with Crippen molar-refractivity contribution in [3.63, 3.8) is 0 Å². The van der Waals surface area contributed by atoms with Gasteiger partial charge in [-0.05, 0) is 20.8 Å². The summed E-state index contributed by atoms with van der Waals surface area (Å²) in [4.78, 5) is 22.3. The van der Waals surface area contributed by atoms with Crippen LogP contribution in [-0.2, 0) is 9.53 Å². The lowest BCUT2D eigenvalue weighted by molar-refractivity contribution is -0.142. The van der Waals surface area contributed by atoms with Crippen molar-refractivity contribution in [1.82, 2.24) is 10.6 Å². The Balaban J connectivity index is 2.35. The van der Waals surface area contributed by atoms with Crippen LogP contribution in [0, 0.1) is 11.8 Å². The molecular formula is C11H20N2O4. The molecular weight excluding hydrogens is 224 g/mol. The summed E-state index contributed by atoms with van der Waals surface area (Å²) in [5.41, 5.74) is -0.537. The number of carbonyl (C=O) groups is 2. The van der Waals surface area contributed by atoms with Crippen molar-refractivity contribution in [2.24, 2.45) is 11.8 Å². The molecule has 1 saturated heterocycles. The minimum Gasteiger partial charge on any atom is -0.481 e. The highest BCUT2D eigenvalue weighted by atomic mass is 16.6. The highest BCUT2D eigenvalue weighted by Crippen LogP contribution is 2.16. The number of hydrogen-bond acceptors (Lipinski definition) is 4.